The Hall–Kier alpha value is -1.06. The topological polar surface area (TPSA) is 74.6 Å². The Morgan fingerprint density at radius 3 is 1.59 bits per heavy atom. The average molecular weight is 246 g/mol. The van der Waals surface area contributed by atoms with Crippen molar-refractivity contribution in [3.05, 3.63) is 0 Å². The van der Waals surface area contributed by atoms with Crippen LogP contribution in [0.15, 0.2) is 0 Å². The first-order valence-corrected chi connectivity index (χ1v) is 6.16. The summed E-state index contributed by atoms with van der Waals surface area (Å²) in [6.45, 7) is 9.68. The molecule has 0 radical (unpaired) electrons. The van der Waals surface area contributed by atoms with Crippen LogP contribution in [0.5, 0.6) is 0 Å². The molecule has 4 heteroatoms. The molecule has 0 aliphatic rings. The lowest BCUT2D eigenvalue weighted by molar-refractivity contribution is -0.143. The molecule has 0 aromatic carbocycles. The third-order valence-electron chi connectivity index (χ3n) is 2.30. The first-order chi connectivity index (χ1) is 7.72. The summed E-state index contributed by atoms with van der Waals surface area (Å²) in [7, 11) is 0. The van der Waals surface area contributed by atoms with Crippen LogP contribution >= 0.6 is 0 Å². The quantitative estimate of drug-likeness (QED) is 0.754. The molecule has 1 unspecified atom stereocenters. The van der Waals surface area contributed by atoms with Crippen molar-refractivity contribution in [3.8, 4) is 0 Å². The van der Waals surface area contributed by atoms with Crippen LogP contribution in [-0.4, -0.2) is 22.2 Å². The van der Waals surface area contributed by atoms with Crippen LogP contribution in [0.1, 0.15) is 53.9 Å². The van der Waals surface area contributed by atoms with Crippen molar-refractivity contribution in [3.63, 3.8) is 0 Å². The molecule has 1 atom stereocenters. The summed E-state index contributed by atoms with van der Waals surface area (Å²) in [5, 5.41) is 16.8. The minimum atomic E-state index is -0.713. The van der Waals surface area contributed by atoms with Crippen molar-refractivity contribution >= 4 is 11.9 Å². The van der Waals surface area contributed by atoms with Crippen molar-refractivity contribution in [1.29, 1.82) is 0 Å². The van der Waals surface area contributed by atoms with Gasteiger partial charge in [-0.1, -0.05) is 41.0 Å². The van der Waals surface area contributed by atoms with Gasteiger partial charge in [-0.05, 0) is 18.3 Å². The summed E-state index contributed by atoms with van der Waals surface area (Å²) in [5.74, 6) is -0.980. The third kappa shape index (κ3) is 12.9. The standard InChI is InChI=1S/C8H16O2.C5H10O2/c1-4-5-7(6(2)3)8(9)10;1-4(2)3-5(6)7/h6-7H,4-5H2,1-3H3,(H,9,10);4H,3H2,1-2H3,(H,6,7). The number of carboxylic acid groups (broad SMARTS) is 2. The molecule has 0 rings (SSSR count). The van der Waals surface area contributed by atoms with Gasteiger partial charge in [0.2, 0.25) is 0 Å². The van der Waals surface area contributed by atoms with Crippen LogP contribution in [0.4, 0.5) is 0 Å². The Balaban J connectivity index is 0. The van der Waals surface area contributed by atoms with Crippen LogP contribution in [0.3, 0.4) is 0 Å². The van der Waals surface area contributed by atoms with Crippen LogP contribution < -0.4 is 0 Å². The third-order valence-corrected chi connectivity index (χ3v) is 2.30. The number of hydrogen-bond acceptors (Lipinski definition) is 2. The van der Waals surface area contributed by atoms with E-state index in [9.17, 15) is 9.59 Å². The number of carboxylic acids is 2. The minimum absolute atomic E-state index is 0.148. The maximum Gasteiger partial charge on any atom is 0.306 e. The Kier molecular flexibility index (Phi) is 10.9. The molecule has 0 heterocycles. The van der Waals surface area contributed by atoms with E-state index in [-0.39, 0.29) is 24.2 Å². The fourth-order valence-corrected chi connectivity index (χ4v) is 1.40. The summed E-state index contributed by atoms with van der Waals surface area (Å²) in [5.41, 5.74) is 0. The fraction of sp³-hybridized carbons (Fsp3) is 0.846. The van der Waals surface area contributed by atoms with E-state index in [1.807, 2.05) is 34.6 Å². The van der Waals surface area contributed by atoms with Gasteiger partial charge in [0.1, 0.15) is 0 Å². The second-order valence-corrected chi connectivity index (χ2v) is 4.97. The van der Waals surface area contributed by atoms with Gasteiger partial charge < -0.3 is 10.2 Å². The molecule has 102 valence electrons. The van der Waals surface area contributed by atoms with Gasteiger partial charge >= 0.3 is 11.9 Å². The maximum absolute atomic E-state index is 10.5. The normalized spacial score (nSPS) is 11.9. The first kappa shape index (κ1) is 18.3. The zero-order valence-electron chi connectivity index (χ0n) is 11.6. The van der Waals surface area contributed by atoms with E-state index in [1.54, 1.807) is 0 Å². The van der Waals surface area contributed by atoms with Crippen molar-refractivity contribution in [2.75, 3.05) is 0 Å². The molecule has 0 amide bonds. The summed E-state index contributed by atoms with van der Waals surface area (Å²) in [6, 6.07) is 0. The van der Waals surface area contributed by atoms with E-state index in [2.05, 4.69) is 0 Å². The molecule has 0 aliphatic heterocycles. The first-order valence-electron chi connectivity index (χ1n) is 6.16. The zero-order chi connectivity index (χ0) is 14.0. The molecule has 0 fully saturated rings. The fourth-order valence-electron chi connectivity index (χ4n) is 1.40. The number of carbonyl (C=O) groups is 2. The van der Waals surface area contributed by atoms with Crippen LogP contribution in [0.2, 0.25) is 0 Å². The van der Waals surface area contributed by atoms with Gasteiger partial charge in [0, 0.05) is 6.42 Å². The smallest absolute Gasteiger partial charge is 0.306 e. The Morgan fingerprint density at radius 2 is 1.53 bits per heavy atom. The summed E-state index contributed by atoms with van der Waals surface area (Å²) < 4.78 is 0. The molecule has 0 aromatic rings. The van der Waals surface area contributed by atoms with E-state index in [0.717, 1.165) is 12.8 Å². The largest absolute Gasteiger partial charge is 0.481 e. The summed E-state index contributed by atoms with van der Waals surface area (Å²) in [4.78, 5) is 20.3. The molecule has 2 N–H and O–H groups in total. The minimum Gasteiger partial charge on any atom is -0.481 e. The molecular formula is C13H26O4. The highest BCUT2D eigenvalue weighted by atomic mass is 16.4. The molecule has 0 saturated carbocycles. The second kappa shape index (κ2) is 10.1. The average Bonchev–Trinajstić information content (AvgIpc) is 2.11. The van der Waals surface area contributed by atoms with Gasteiger partial charge in [-0.2, -0.15) is 0 Å². The SMILES string of the molecule is CC(C)CC(=O)O.CCCC(C(=O)O)C(C)C. The summed E-state index contributed by atoms with van der Waals surface area (Å²) in [6.07, 6.45) is 2.03. The van der Waals surface area contributed by atoms with E-state index >= 15 is 0 Å². The van der Waals surface area contributed by atoms with Gasteiger partial charge in [0.25, 0.3) is 0 Å². The molecule has 0 spiro atoms. The van der Waals surface area contributed by atoms with Gasteiger partial charge in [-0.15, -0.1) is 0 Å². The van der Waals surface area contributed by atoms with Crippen molar-refractivity contribution < 1.29 is 19.8 Å². The predicted molar refractivity (Wildman–Crippen MR) is 68.0 cm³/mol. The lowest BCUT2D eigenvalue weighted by atomic mass is 9.92. The van der Waals surface area contributed by atoms with Gasteiger partial charge in [-0.25, -0.2) is 0 Å². The van der Waals surface area contributed by atoms with Crippen molar-refractivity contribution in [2.45, 2.75) is 53.9 Å². The molecule has 0 saturated heterocycles. The van der Waals surface area contributed by atoms with Crippen LogP contribution in [0.25, 0.3) is 0 Å². The Bertz CT molecular complexity index is 221. The van der Waals surface area contributed by atoms with Crippen LogP contribution in [-0.2, 0) is 9.59 Å². The lowest BCUT2D eigenvalue weighted by Gasteiger charge is -2.13. The van der Waals surface area contributed by atoms with Crippen molar-refractivity contribution in [2.24, 2.45) is 17.8 Å². The van der Waals surface area contributed by atoms with Gasteiger partial charge in [0.05, 0.1) is 5.92 Å². The molecule has 0 bridgehead atoms. The Labute approximate surface area is 104 Å². The van der Waals surface area contributed by atoms with E-state index in [1.165, 1.54) is 0 Å². The molecule has 0 aromatic heterocycles. The highest BCUT2D eigenvalue weighted by molar-refractivity contribution is 5.70. The molecule has 4 nitrogen and oxygen atoms in total. The van der Waals surface area contributed by atoms with E-state index in [4.69, 9.17) is 10.2 Å². The lowest BCUT2D eigenvalue weighted by Crippen LogP contribution is -2.19. The van der Waals surface area contributed by atoms with Crippen LogP contribution in [0, 0.1) is 17.8 Å². The number of rotatable bonds is 6. The molecule has 17 heavy (non-hydrogen) atoms. The van der Waals surface area contributed by atoms with Gasteiger partial charge in [0.15, 0.2) is 0 Å². The second-order valence-electron chi connectivity index (χ2n) is 4.97. The highest BCUT2D eigenvalue weighted by Crippen LogP contribution is 2.16. The number of hydrogen-bond donors (Lipinski definition) is 2. The predicted octanol–water partition coefficient (Wildman–Crippen LogP) is 3.26. The van der Waals surface area contributed by atoms with E-state index < -0.39 is 11.9 Å². The molecular weight excluding hydrogens is 220 g/mol. The van der Waals surface area contributed by atoms with Gasteiger partial charge in [-0.3, -0.25) is 9.59 Å². The monoisotopic (exact) mass is 246 g/mol. The van der Waals surface area contributed by atoms with Crippen molar-refractivity contribution in [1.82, 2.24) is 0 Å². The van der Waals surface area contributed by atoms with E-state index in [0.29, 0.717) is 0 Å². The maximum atomic E-state index is 10.5. The number of aliphatic carboxylic acids is 2. The molecule has 0 aliphatic carbocycles. The highest BCUT2D eigenvalue weighted by Gasteiger charge is 2.19. The Morgan fingerprint density at radius 1 is 1.06 bits per heavy atom. The zero-order valence-corrected chi connectivity index (χ0v) is 11.6. The summed E-state index contributed by atoms with van der Waals surface area (Å²) >= 11 is 0.